The van der Waals surface area contributed by atoms with Crippen molar-refractivity contribution in [3.8, 4) is 0 Å². The summed E-state index contributed by atoms with van der Waals surface area (Å²) in [7, 11) is 5.46. The second-order valence-electron chi connectivity index (χ2n) is 6.10. The van der Waals surface area contributed by atoms with Gasteiger partial charge in [0.25, 0.3) is 0 Å². The van der Waals surface area contributed by atoms with E-state index < -0.39 is 11.6 Å². The van der Waals surface area contributed by atoms with Gasteiger partial charge in [0.2, 0.25) is 0 Å². The summed E-state index contributed by atoms with van der Waals surface area (Å²) in [5.74, 6) is -0.515. The molecule has 1 unspecified atom stereocenters. The van der Waals surface area contributed by atoms with Gasteiger partial charge in [-0.05, 0) is 25.1 Å². The zero-order valence-electron chi connectivity index (χ0n) is 15.6. The lowest BCUT2D eigenvalue weighted by atomic mass is 10.0. The summed E-state index contributed by atoms with van der Waals surface area (Å²) in [5.41, 5.74) is 0.488. The van der Waals surface area contributed by atoms with Crippen LogP contribution in [0.2, 0.25) is 0 Å². The fraction of sp³-hybridized carbons (Fsp3) is 0.611. The van der Waals surface area contributed by atoms with E-state index in [1.807, 2.05) is 6.92 Å². The van der Waals surface area contributed by atoms with Crippen LogP contribution in [0.3, 0.4) is 0 Å². The summed E-state index contributed by atoms with van der Waals surface area (Å²) in [5, 5.41) is 6.41. The van der Waals surface area contributed by atoms with Gasteiger partial charge < -0.3 is 20.3 Å². The van der Waals surface area contributed by atoms with Crippen molar-refractivity contribution in [1.29, 1.82) is 0 Å². The summed E-state index contributed by atoms with van der Waals surface area (Å²) in [6.45, 7) is 5.77. The van der Waals surface area contributed by atoms with Crippen LogP contribution in [-0.4, -0.2) is 64.9 Å². The topological polar surface area (TPSA) is 48.9 Å². The first-order chi connectivity index (χ1) is 12.0. The second-order valence-corrected chi connectivity index (χ2v) is 6.10. The summed E-state index contributed by atoms with van der Waals surface area (Å²) in [6, 6.07) is 3.68. The quantitative estimate of drug-likeness (QED) is 0.383. The number of benzene rings is 1. The Kier molecular flexibility index (Phi) is 10.0. The van der Waals surface area contributed by atoms with E-state index in [9.17, 15) is 8.78 Å². The number of hydrogen-bond donors (Lipinski definition) is 2. The van der Waals surface area contributed by atoms with Gasteiger partial charge in [-0.25, -0.2) is 8.78 Å². The molecular weight excluding hydrogens is 326 g/mol. The van der Waals surface area contributed by atoms with Crippen LogP contribution >= 0.6 is 0 Å². The summed E-state index contributed by atoms with van der Waals surface area (Å²) < 4.78 is 31.8. The van der Waals surface area contributed by atoms with Crippen molar-refractivity contribution in [2.75, 3.05) is 54.0 Å². The maximum Gasteiger partial charge on any atom is 0.191 e. The lowest BCUT2D eigenvalue weighted by Crippen LogP contribution is -2.42. The third-order valence-corrected chi connectivity index (χ3v) is 3.97. The zero-order chi connectivity index (χ0) is 18.7. The fourth-order valence-electron chi connectivity index (χ4n) is 2.44. The number of methoxy groups -OCH3 is 1. The minimum Gasteiger partial charge on any atom is -0.385 e. The fourth-order valence-corrected chi connectivity index (χ4v) is 2.44. The van der Waals surface area contributed by atoms with E-state index in [2.05, 4.69) is 27.6 Å². The molecule has 7 heteroatoms. The van der Waals surface area contributed by atoms with Crippen molar-refractivity contribution in [2.45, 2.75) is 19.3 Å². The number of ether oxygens (including phenoxy) is 1. The number of guanidine groups is 1. The maximum atomic E-state index is 13.8. The van der Waals surface area contributed by atoms with Gasteiger partial charge in [-0.1, -0.05) is 13.0 Å². The predicted octanol–water partition coefficient (Wildman–Crippen LogP) is 2.20. The molecule has 1 atom stereocenters. The number of nitrogens with zero attached hydrogens (tertiary/aromatic N) is 2. The number of aliphatic imine (C=N–C) groups is 1. The molecule has 0 saturated heterocycles. The molecule has 1 rings (SSSR count). The van der Waals surface area contributed by atoms with Crippen LogP contribution in [0.1, 0.15) is 24.8 Å². The largest absolute Gasteiger partial charge is 0.385 e. The normalized spacial score (nSPS) is 13.2. The lowest BCUT2D eigenvalue weighted by molar-refractivity contribution is 0.180. The highest BCUT2D eigenvalue weighted by molar-refractivity contribution is 5.79. The molecule has 5 nitrogen and oxygen atoms in total. The van der Waals surface area contributed by atoms with Crippen molar-refractivity contribution < 1.29 is 13.5 Å². The van der Waals surface area contributed by atoms with Crippen LogP contribution in [0.4, 0.5) is 8.78 Å². The smallest absolute Gasteiger partial charge is 0.191 e. The van der Waals surface area contributed by atoms with E-state index >= 15 is 0 Å². The van der Waals surface area contributed by atoms with Crippen molar-refractivity contribution in [3.05, 3.63) is 35.4 Å². The average molecular weight is 356 g/mol. The van der Waals surface area contributed by atoms with Crippen molar-refractivity contribution in [1.82, 2.24) is 15.5 Å². The average Bonchev–Trinajstić information content (AvgIpc) is 2.57. The molecule has 0 saturated carbocycles. The molecule has 0 heterocycles. The minimum atomic E-state index is -0.562. The molecule has 0 fully saturated rings. The van der Waals surface area contributed by atoms with E-state index in [4.69, 9.17) is 4.74 Å². The van der Waals surface area contributed by atoms with E-state index in [-0.39, 0.29) is 5.92 Å². The van der Waals surface area contributed by atoms with Gasteiger partial charge in [0, 0.05) is 58.9 Å². The predicted molar refractivity (Wildman–Crippen MR) is 98.1 cm³/mol. The Hall–Kier alpha value is -1.73. The van der Waals surface area contributed by atoms with Crippen molar-refractivity contribution in [2.24, 2.45) is 4.99 Å². The molecule has 1 aromatic rings. The Bertz CT molecular complexity index is 540. The first-order valence-corrected chi connectivity index (χ1v) is 8.54. The zero-order valence-corrected chi connectivity index (χ0v) is 15.6. The molecular formula is C18H30F2N4O. The molecule has 0 spiro atoms. The third-order valence-electron chi connectivity index (χ3n) is 3.97. The molecule has 0 bridgehead atoms. The van der Waals surface area contributed by atoms with Crippen LogP contribution in [-0.2, 0) is 4.74 Å². The number of nitrogens with one attached hydrogen (secondary N) is 2. The monoisotopic (exact) mass is 356 g/mol. The lowest BCUT2D eigenvalue weighted by Gasteiger charge is -2.19. The third kappa shape index (κ3) is 8.27. The molecule has 0 aromatic heterocycles. The van der Waals surface area contributed by atoms with Crippen LogP contribution in [0.5, 0.6) is 0 Å². The highest BCUT2D eigenvalue weighted by Crippen LogP contribution is 2.18. The van der Waals surface area contributed by atoms with Gasteiger partial charge >= 0.3 is 0 Å². The van der Waals surface area contributed by atoms with E-state index in [0.717, 1.165) is 38.7 Å². The molecule has 1 aromatic carbocycles. The van der Waals surface area contributed by atoms with E-state index in [1.54, 1.807) is 14.2 Å². The number of halogens is 2. The summed E-state index contributed by atoms with van der Waals surface area (Å²) >= 11 is 0. The molecule has 0 aliphatic heterocycles. The van der Waals surface area contributed by atoms with Crippen LogP contribution < -0.4 is 10.6 Å². The molecule has 0 radical (unpaired) electrons. The van der Waals surface area contributed by atoms with Gasteiger partial charge in [0.1, 0.15) is 11.6 Å². The molecule has 2 N–H and O–H groups in total. The molecule has 142 valence electrons. The van der Waals surface area contributed by atoms with Gasteiger partial charge in [-0.15, -0.1) is 0 Å². The van der Waals surface area contributed by atoms with Crippen LogP contribution in [0, 0.1) is 11.6 Å². The summed E-state index contributed by atoms with van der Waals surface area (Å²) in [6.07, 6.45) is 1.00. The number of likely N-dealkylation sites (N-methyl/N-ethyl adjacent to an activating group) is 1. The molecule has 25 heavy (non-hydrogen) atoms. The highest BCUT2D eigenvalue weighted by Gasteiger charge is 2.12. The number of hydrogen-bond acceptors (Lipinski definition) is 3. The van der Waals surface area contributed by atoms with Crippen molar-refractivity contribution >= 4 is 5.96 Å². The molecule has 0 amide bonds. The van der Waals surface area contributed by atoms with Gasteiger partial charge in [-0.3, -0.25) is 4.99 Å². The first kappa shape index (κ1) is 21.3. The SMILES string of the molecule is CN=C(NCCN(C)CCCOC)NCC(C)c1ccc(F)cc1F. The van der Waals surface area contributed by atoms with E-state index in [0.29, 0.717) is 18.1 Å². The van der Waals surface area contributed by atoms with Gasteiger partial charge in [-0.2, -0.15) is 0 Å². The minimum absolute atomic E-state index is 0.101. The number of rotatable bonds is 10. The molecule has 0 aliphatic rings. The van der Waals surface area contributed by atoms with Crippen LogP contribution in [0.25, 0.3) is 0 Å². The maximum absolute atomic E-state index is 13.8. The highest BCUT2D eigenvalue weighted by atomic mass is 19.1. The standard InChI is InChI=1S/C18H30F2N4O/c1-14(16-7-6-15(19)12-17(16)20)13-23-18(21-2)22-8-10-24(3)9-5-11-25-4/h6-7,12,14H,5,8-11,13H2,1-4H3,(H2,21,22,23). The van der Waals surface area contributed by atoms with Gasteiger partial charge in [0.15, 0.2) is 5.96 Å². The Morgan fingerprint density at radius 2 is 2.04 bits per heavy atom. The van der Waals surface area contributed by atoms with Crippen LogP contribution in [0.15, 0.2) is 23.2 Å². The Balaban J connectivity index is 2.34. The Labute approximate surface area is 149 Å². The van der Waals surface area contributed by atoms with E-state index in [1.165, 1.54) is 12.1 Å². The Morgan fingerprint density at radius 3 is 2.68 bits per heavy atom. The van der Waals surface area contributed by atoms with Gasteiger partial charge in [0.05, 0.1) is 0 Å². The first-order valence-electron chi connectivity index (χ1n) is 8.54. The second kappa shape index (κ2) is 11.8. The summed E-state index contributed by atoms with van der Waals surface area (Å²) in [4.78, 5) is 6.38. The molecule has 0 aliphatic carbocycles. The van der Waals surface area contributed by atoms with Crippen molar-refractivity contribution in [3.63, 3.8) is 0 Å². The Morgan fingerprint density at radius 1 is 1.28 bits per heavy atom.